The number of fused-ring (bicyclic) bond motifs is 1. The number of aldehydes is 1. The Morgan fingerprint density at radius 1 is 1.48 bits per heavy atom. The number of nitrogens with one attached hydrogen (secondary N) is 1. The lowest BCUT2D eigenvalue weighted by Crippen LogP contribution is -2.32. The van der Waals surface area contributed by atoms with Gasteiger partial charge in [-0.25, -0.2) is 0 Å². The van der Waals surface area contributed by atoms with Gasteiger partial charge in [0.2, 0.25) is 0 Å². The normalized spacial score (nSPS) is 16.8. The minimum atomic E-state index is -0.0697. The highest BCUT2D eigenvalue weighted by molar-refractivity contribution is 5.95. The largest absolute Gasteiger partial charge is 0.496 e. The molecule has 0 bridgehead atoms. The van der Waals surface area contributed by atoms with Crippen LogP contribution in [-0.2, 0) is 11.2 Å². The lowest BCUT2D eigenvalue weighted by atomic mass is 9.87. The average Bonchev–Trinajstić information content (AvgIpc) is 2.53. The molecule has 124 valence electrons. The number of methoxy groups -OCH3 is 1. The van der Waals surface area contributed by atoms with Gasteiger partial charge in [0.25, 0.3) is 0 Å². The van der Waals surface area contributed by atoms with Crippen LogP contribution >= 0.6 is 0 Å². The molecule has 1 aromatic rings. The summed E-state index contributed by atoms with van der Waals surface area (Å²) in [7, 11) is 1.56. The fourth-order valence-electron chi connectivity index (χ4n) is 3.08. The van der Waals surface area contributed by atoms with Crippen molar-refractivity contribution in [2.75, 3.05) is 13.7 Å². The molecule has 1 atom stereocenters. The molecule has 1 aromatic carbocycles. The zero-order valence-corrected chi connectivity index (χ0v) is 14.1. The van der Waals surface area contributed by atoms with E-state index in [4.69, 9.17) is 4.74 Å². The number of hydrogen-bond acceptors (Lipinski definition) is 4. The number of hydrogen-bond donors (Lipinski definition) is 1. The zero-order chi connectivity index (χ0) is 17.0. The van der Waals surface area contributed by atoms with Crippen LogP contribution in [0.4, 0.5) is 0 Å². The smallest absolute Gasteiger partial charge is 0.160 e. The average molecular weight is 315 g/mol. The van der Waals surface area contributed by atoms with E-state index < -0.39 is 0 Å². The Labute approximate surface area is 137 Å². The van der Waals surface area contributed by atoms with Crippen molar-refractivity contribution in [3.63, 3.8) is 0 Å². The van der Waals surface area contributed by atoms with Gasteiger partial charge in [-0.05, 0) is 54.1 Å². The van der Waals surface area contributed by atoms with E-state index in [0.29, 0.717) is 29.2 Å². The summed E-state index contributed by atoms with van der Waals surface area (Å²) in [5.41, 5.74) is 3.36. The van der Waals surface area contributed by atoms with Crippen molar-refractivity contribution in [3.05, 3.63) is 41.0 Å². The monoisotopic (exact) mass is 315 g/mol. The first kappa shape index (κ1) is 17.4. The molecule has 23 heavy (non-hydrogen) atoms. The lowest BCUT2D eigenvalue weighted by Gasteiger charge is -2.28. The van der Waals surface area contributed by atoms with Gasteiger partial charge in [0.15, 0.2) is 12.1 Å². The second-order valence-corrected chi connectivity index (χ2v) is 6.50. The molecule has 0 saturated carbocycles. The van der Waals surface area contributed by atoms with Crippen LogP contribution in [0, 0.1) is 5.92 Å². The number of allylic oxidation sites excluding steroid dienone is 1. The summed E-state index contributed by atoms with van der Waals surface area (Å²) in [4.78, 5) is 23.6. The number of rotatable bonds is 7. The topological polar surface area (TPSA) is 55.4 Å². The van der Waals surface area contributed by atoms with Crippen LogP contribution in [-0.4, -0.2) is 25.7 Å². The van der Waals surface area contributed by atoms with E-state index in [1.54, 1.807) is 7.11 Å². The number of carbonyl (C=O) groups is 2. The second kappa shape index (κ2) is 7.55. The minimum absolute atomic E-state index is 0.0697. The standard InChI is InChI=1S/C19H25NO3/c1-12(2)7-13(3)18(22)10-17-16-8-15(11-21)19(23-4)9-14(16)5-6-20-17/h8-9,11-12,17,20H,3,5-7,10H2,1-2,4H3/t17-/m0/s1. The van der Waals surface area contributed by atoms with Gasteiger partial charge in [-0.15, -0.1) is 0 Å². The molecular formula is C19H25NO3. The van der Waals surface area contributed by atoms with Crippen molar-refractivity contribution >= 4 is 12.1 Å². The fraction of sp³-hybridized carbons (Fsp3) is 0.474. The van der Waals surface area contributed by atoms with Crippen molar-refractivity contribution in [2.45, 2.75) is 39.2 Å². The van der Waals surface area contributed by atoms with Gasteiger partial charge >= 0.3 is 0 Å². The Kier molecular flexibility index (Phi) is 5.72. The molecule has 1 aliphatic heterocycles. The molecule has 4 nitrogen and oxygen atoms in total. The zero-order valence-electron chi connectivity index (χ0n) is 14.1. The molecule has 0 amide bonds. The highest BCUT2D eigenvalue weighted by atomic mass is 16.5. The van der Waals surface area contributed by atoms with E-state index in [9.17, 15) is 9.59 Å². The third-order valence-electron chi connectivity index (χ3n) is 4.22. The van der Waals surface area contributed by atoms with E-state index in [1.807, 2.05) is 12.1 Å². The fourth-order valence-corrected chi connectivity index (χ4v) is 3.08. The van der Waals surface area contributed by atoms with Crippen molar-refractivity contribution in [1.82, 2.24) is 5.32 Å². The van der Waals surface area contributed by atoms with Gasteiger partial charge in [-0.3, -0.25) is 9.59 Å². The van der Waals surface area contributed by atoms with Gasteiger partial charge in [-0.2, -0.15) is 0 Å². The van der Waals surface area contributed by atoms with Crippen LogP contribution in [0.25, 0.3) is 0 Å². The molecule has 1 aliphatic rings. The lowest BCUT2D eigenvalue weighted by molar-refractivity contribution is -0.116. The molecule has 0 spiro atoms. The second-order valence-electron chi connectivity index (χ2n) is 6.50. The molecule has 0 unspecified atom stereocenters. The van der Waals surface area contributed by atoms with Crippen molar-refractivity contribution < 1.29 is 14.3 Å². The number of benzene rings is 1. The van der Waals surface area contributed by atoms with Gasteiger partial charge in [0.05, 0.1) is 12.7 Å². The summed E-state index contributed by atoms with van der Waals surface area (Å²) < 4.78 is 5.27. The molecule has 0 aliphatic carbocycles. The predicted octanol–water partition coefficient (Wildman–Crippen LogP) is 3.26. The molecule has 1 N–H and O–H groups in total. The summed E-state index contributed by atoms with van der Waals surface area (Å²) in [6.07, 6.45) is 2.76. The minimum Gasteiger partial charge on any atom is -0.496 e. The van der Waals surface area contributed by atoms with Crippen LogP contribution in [0.3, 0.4) is 0 Å². The molecule has 2 rings (SSSR count). The van der Waals surface area contributed by atoms with Gasteiger partial charge < -0.3 is 10.1 Å². The number of Topliss-reactive ketones (excluding diaryl/α,β-unsaturated/α-hetero) is 1. The Hall–Kier alpha value is -1.94. The SMILES string of the molecule is C=C(CC(C)C)C(=O)C[C@@H]1NCCc2cc(OC)c(C=O)cc21. The quantitative estimate of drug-likeness (QED) is 0.620. The van der Waals surface area contributed by atoms with Crippen molar-refractivity contribution in [3.8, 4) is 5.75 Å². The van der Waals surface area contributed by atoms with E-state index in [0.717, 1.165) is 36.8 Å². The van der Waals surface area contributed by atoms with Crippen LogP contribution in [0.2, 0.25) is 0 Å². The Balaban J connectivity index is 2.22. The molecule has 4 heteroatoms. The molecule has 0 aromatic heterocycles. The first-order valence-corrected chi connectivity index (χ1v) is 8.06. The Morgan fingerprint density at radius 2 is 2.22 bits per heavy atom. The molecule has 0 radical (unpaired) electrons. The third kappa shape index (κ3) is 4.08. The van der Waals surface area contributed by atoms with Crippen LogP contribution in [0.15, 0.2) is 24.3 Å². The van der Waals surface area contributed by atoms with Gasteiger partial charge in [0.1, 0.15) is 5.75 Å². The third-order valence-corrected chi connectivity index (χ3v) is 4.22. The number of ether oxygens (including phenoxy) is 1. The van der Waals surface area contributed by atoms with Crippen LogP contribution < -0.4 is 10.1 Å². The maximum Gasteiger partial charge on any atom is 0.160 e. The van der Waals surface area contributed by atoms with Crippen molar-refractivity contribution in [1.29, 1.82) is 0 Å². The molecule has 0 saturated heterocycles. The summed E-state index contributed by atoms with van der Waals surface area (Å²) in [6, 6.07) is 3.69. The van der Waals surface area contributed by atoms with E-state index >= 15 is 0 Å². The van der Waals surface area contributed by atoms with E-state index in [1.165, 1.54) is 0 Å². The maximum absolute atomic E-state index is 12.4. The van der Waals surface area contributed by atoms with E-state index in [2.05, 4.69) is 25.7 Å². The first-order valence-electron chi connectivity index (χ1n) is 8.06. The first-order chi connectivity index (χ1) is 11.0. The van der Waals surface area contributed by atoms with Crippen molar-refractivity contribution in [2.24, 2.45) is 5.92 Å². The van der Waals surface area contributed by atoms with Crippen LogP contribution in [0.5, 0.6) is 5.75 Å². The summed E-state index contributed by atoms with van der Waals surface area (Å²) in [5.74, 6) is 1.10. The number of carbonyl (C=O) groups excluding carboxylic acids is 2. The van der Waals surface area contributed by atoms with E-state index in [-0.39, 0.29) is 11.8 Å². The highest BCUT2D eigenvalue weighted by Crippen LogP contribution is 2.32. The molecular weight excluding hydrogens is 290 g/mol. The predicted molar refractivity (Wildman–Crippen MR) is 91.0 cm³/mol. The highest BCUT2D eigenvalue weighted by Gasteiger charge is 2.25. The summed E-state index contributed by atoms with van der Waals surface area (Å²) >= 11 is 0. The van der Waals surface area contributed by atoms with Gasteiger partial charge in [-0.1, -0.05) is 20.4 Å². The number of ketones is 1. The van der Waals surface area contributed by atoms with Crippen LogP contribution in [0.1, 0.15) is 54.2 Å². The Bertz CT molecular complexity index is 619. The summed E-state index contributed by atoms with van der Waals surface area (Å²) in [5, 5.41) is 3.38. The molecule has 0 fully saturated rings. The molecule has 1 heterocycles. The maximum atomic E-state index is 12.4. The van der Waals surface area contributed by atoms with Gasteiger partial charge in [0, 0.05) is 12.5 Å². The summed E-state index contributed by atoms with van der Waals surface area (Å²) in [6.45, 7) is 8.89. The Morgan fingerprint density at radius 3 is 2.83 bits per heavy atom.